The Bertz CT molecular complexity index is 1270. The van der Waals surface area contributed by atoms with Crippen LogP contribution in [0.5, 0.6) is 0 Å². The van der Waals surface area contributed by atoms with Crippen LogP contribution in [0.3, 0.4) is 0 Å². The molecular formula is C26H27N3O. The number of amides is 1. The number of aryl methyl sites for hydroxylation is 4. The highest BCUT2D eigenvalue weighted by Crippen LogP contribution is 2.28. The van der Waals surface area contributed by atoms with Crippen molar-refractivity contribution in [1.82, 2.24) is 9.38 Å². The van der Waals surface area contributed by atoms with Gasteiger partial charge >= 0.3 is 0 Å². The summed E-state index contributed by atoms with van der Waals surface area (Å²) in [5.74, 6) is -0.0452. The maximum Gasteiger partial charge on any atom is 0.230 e. The molecule has 4 aromatic rings. The predicted octanol–water partition coefficient (Wildman–Crippen LogP) is 5.72. The summed E-state index contributed by atoms with van der Waals surface area (Å²) in [5.41, 5.74) is 10.4. The highest BCUT2D eigenvalue weighted by molar-refractivity contribution is 5.94. The van der Waals surface area contributed by atoms with Crippen LogP contribution in [0.4, 0.5) is 5.69 Å². The van der Waals surface area contributed by atoms with Gasteiger partial charge in [0.2, 0.25) is 5.91 Å². The molecule has 0 radical (unpaired) electrons. The van der Waals surface area contributed by atoms with E-state index in [1.54, 1.807) is 0 Å². The van der Waals surface area contributed by atoms with Crippen molar-refractivity contribution in [3.63, 3.8) is 0 Å². The molecule has 0 saturated heterocycles. The summed E-state index contributed by atoms with van der Waals surface area (Å²) in [6.45, 7) is 10.3. The first kappa shape index (κ1) is 19.9. The molecule has 0 aliphatic rings. The normalized spacial score (nSPS) is 11.1. The number of nitrogens with one attached hydrogen (secondary N) is 1. The molecule has 0 unspecified atom stereocenters. The Labute approximate surface area is 177 Å². The molecule has 0 aliphatic heterocycles. The number of nitrogens with zero attached hydrogens (tertiary/aromatic N) is 2. The van der Waals surface area contributed by atoms with E-state index < -0.39 is 0 Å². The van der Waals surface area contributed by atoms with Crippen LogP contribution >= 0.6 is 0 Å². The minimum atomic E-state index is -0.0452. The van der Waals surface area contributed by atoms with Crippen molar-refractivity contribution < 1.29 is 4.79 Å². The monoisotopic (exact) mass is 397 g/mol. The molecule has 0 atom stereocenters. The molecule has 0 spiro atoms. The Balaban J connectivity index is 1.75. The zero-order valence-corrected chi connectivity index (χ0v) is 18.2. The Morgan fingerprint density at radius 3 is 2.50 bits per heavy atom. The lowest BCUT2D eigenvalue weighted by Gasteiger charge is -2.11. The van der Waals surface area contributed by atoms with Crippen molar-refractivity contribution in [3.8, 4) is 11.3 Å². The fourth-order valence-electron chi connectivity index (χ4n) is 3.72. The van der Waals surface area contributed by atoms with Crippen molar-refractivity contribution in [1.29, 1.82) is 0 Å². The van der Waals surface area contributed by atoms with Gasteiger partial charge in [0, 0.05) is 17.4 Å². The first-order valence-corrected chi connectivity index (χ1v) is 10.2. The quantitative estimate of drug-likeness (QED) is 0.478. The number of rotatable bonds is 4. The second kappa shape index (κ2) is 7.79. The van der Waals surface area contributed by atoms with Crippen LogP contribution in [0, 0.1) is 34.6 Å². The smallest absolute Gasteiger partial charge is 0.230 e. The maximum atomic E-state index is 13.0. The van der Waals surface area contributed by atoms with Gasteiger partial charge in [0.1, 0.15) is 5.65 Å². The molecule has 2 heterocycles. The molecule has 1 N–H and O–H groups in total. The molecule has 2 aromatic heterocycles. The molecule has 152 valence electrons. The number of pyridine rings is 1. The Kier molecular flexibility index (Phi) is 5.17. The van der Waals surface area contributed by atoms with Crippen LogP contribution in [0.15, 0.2) is 54.7 Å². The Morgan fingerprint density at radius 2 is 1.73 bits per heavy atom. The van der Waals surface area contributed by atoms with Gasteiger partial charge in [0.05, 0.1) is 17.8 Å². The largest absolute Gasteiger partial charge is 0.326 e. The lowest BCUT2D eigenvalue weighted by atomic mass is 10.0. The van der Waals surface area contributed by atoms with Crippen LogP contribution in [-0.4, -0.2) is 15.3 Å². The second-order valence-corrected chi connectivity index (χ2v) is 8.11. The summed E-state index contributed by atoms with van der Waals surface area (Å²) in [5, 5.41) is 3.08. The van der Waals surface area contributed by atoms with E-state index in [-0.39, 0.29) is 12.3 Å². The molecule has 0 bridgehead atoms. The Hall–Kier alpha value is -3.40. The molecule has 4 rings (SSSR count). The molecule has 0 aliphatic carbocycles. The third-order valence-electron chi connectivity index (χ3n) is 5.87. The third kappa shape index (κ3) is 3.73. The average Bonchev–Trinajstić information content (AvgIpc) is 3.05. The summed E-state index contributed by atoms with van der Waals surface area (Å²) in [6.07, 6.45) is 2.25. The molecule has 4 nitrogen and oxygen atoms in total. The van der Waals surface area contributed by atoms with Gasteiger partial charge in [-0.05, 0) is 86.7 Å². The van der Waals surface area contributed by atoms with E-state index in [1.807, 2.05) is 35.7 Å². The summed E-state index contributed by atoms with van der Waals surface area (Å²) in [7, 11) is 0. The molecule has 30 heavy (non-hydrogen) atoms. The van der Waals surface area contributed by atoms with E-state index in [0.717, 1.165) is 45.0 Å². The number of imidazole rings is 1. The van der Waals surface area contributed by atoms with E-state index in [1.165, 1.54) is 11.1 Å². The van der Waals surface area contributed by atoms with Gasteiger partial charge in [0.15, 0.2) is 0 Å². The Morgan fingerprint density at radius 1 is 0.933 bits per heavy atom. The van der Waals surface area contributed by atoms with E-state index in [0.29, 0.717) is 0 Å². The van der Waals surface area contributed by atoms with E-state index in [4.69, 9.17) is 4.98 Å². The first-order valence-electron chi connectivity index (χ1n) is 10.2. The summed E-state index contributed by atoms with van der Waals surface area (Å²) in [4.78, 5) is 17.9. The van der Waals surface area contributed by atoms with Crippen LogP contribution in [0.25, 0.3) is 16.9 Å². The minimum Gasteiger partial charge on any atom is -0.326 e. The number of anilines is 1. The standard InChI is InChI=1S/C26H27N3O/c1-16-11-12-29-23(15-25(30)27-22-8-6-7-18(3)20(22)5)26(28-24(29)13-16)21-10-9-17(2)19(4)14-21/h6-14H,15H2,1-5H3,(H,27,30). The van der Waals surface area contributed by atoms with Crippen molar-refractivity contribution in [3.05, 3.63) is 88.2 Å². The zero-order chi connectivity index (χ0) is 21.4. The fraction of sp³-hybridized carbons (Fsp3) is 0.231. The van der Waals surface area contributed by atoms with Gasteiger partial charge in [-0.1, -0.05) is 24.3 Å². The zero-order valence-electron chi connectivity index (χ0n) is 18.2. The van der Waals surface area contributed by atoms with E-state index in [9.17, 15) is 4.79 Å². The van der Waals surface area contributed by atoms with Crippen molar-refractivity contribution in [2.45, 2.75) is 41.0 Å². The number of fused-ring (bicyclic) bond motifs is 1. The van der Waals surface area contributed by atoms with Gasteiger partial charge in [-0.25, -0.2) is 4.98 Å². The van der Waals surface area contributed by atoms with Crippen molar-refractivity contribution in [2.24, 2.45) is 0 Å². The van der Waals surface area contributed by atoms with Crippen LogP contribution in [-0.2, 0) is 11.2 Å². The fourth-order valence-corrected chi connectivity index (χ4v) is 3.72. The highest BCUT2D eigenvalue weighted by Gasteiger charge is 2.18. The van der Waals surface area contributed by atoms with Crippen molar-refractivity contribution >= 4 is 17.2 Å². The first-order chi connectivity index (χ1) is 14.3. The number of hydrogen-bond donors (Lipinski definition) is 1. The van der Waals surface area contributed by atoms with Gasteiger partial charge in [-0.3, -0.25) is 4.79 Å². The summed E-state index contributed by atoms with van der Waals surface area (Å²) >= 11 is 0. The number of benzene rings is 2. The molecule has 0 saturated carbocycles. The molecule has 2 aromatic carbocycles. The lowest BCUT2D eigenvalue weighted by molar-refractivity contribution is -0.115. The van der Waals surface area contributed by atoms with Crippen LogP contribution < -0.4 is 5.32 Å². The number of carbonyl (C=O) groups is 1. The summed E-state index contributed by atoms with van der Waals surface area (Å²) in [6, 6.07) is 16.4. The maximum absolute atomic E-state index is 13.0. The van der Waals surface area contributed by atoms with Gasteiger partial charge in [-0.15, -0.1) is 0 Å². The molecule has 0 fully saturated rings. The molecular weight excluding hydrogens is 370 g/mol. The third-order valence-corrected chi connectivity index (χ3v) is 5.87. The van der Waals surface area contributed by atoms with E-state index >= 15 is 0 Å². The van der Waals surface area contributed by atoms with Crippen LogP contribution in [0.1, 0.15) is 33.5 Å². The topological polar surface area (TPSA) is 46.4 Å². The van der Waals surface area contributed by atoms with Crippen LogP contribution in [0.2, 0.25) is 0 Å². The number of aromatic nitrogens is 2. The lowest BCUT2D eigenvalue weighted by Crippen LogP contribution is -2.17. The predicted molar refractivity (Wildman–Crippen MR) is 123 cm³/mol. The summed E-state index contributed by atoms with van der Waals surface area (Å²) < 4.78 is 2.03. The SMILES string of the molecule is Cc1ccn2c(CC(=O)Nc3cccc(C)c3C)c(-c3ccc(C)c(C)c3)nc2c1. The number of carbonyl (C=O) groups excluding carboxylic acids is 1. The number of hydrogen-bond acceptors (Lipinski definition) is 2. The average molecular weight is 398 g/mol. The van der Waals surface area contributed by atoms with Gasteiger partial charge in [-0.2, -0.15) is 0 Å². The highest BCUT2D eigenvalue weighted by atomic mass is 16.1. The van der Waals surface area contributed by atoms with Gasteiger partial charge in [0.25, 0.3) is 0 Å². The second-order valence-electron chi connectivity index (χ2n) is 8.11. The minimum absolute atomic E-state index is 0.0452. The van der Waals surface area contributed by atoms with E-state index in [2.05, 4.69) is 63.3 Å². The van der Waals surface area contributed by atoms with Gasteiger partial charge < -0.3 is 9.72 Å². The van der Waals surface area contributed by atoms with Crippen molar-refractivity contribution in [2.75, 3.05) is 5.32 Å². The molecule has 1 amide bonds. The molecule has 4 heteroatoms.